The Kier molecular flexibility index (Phi) is 3.34. The molecule has 0 aromatic heterocycles. The van der Waals surface area contributed by atoms with Crippen molar-refractivity contribution in [3.8, 4) is 0 Å². The molecule has 28 heavy (non-hydrogen) atoms. The van der Waals surface area contributed by atoms with Gasteiger partial charge in [-0.2, -0.15) is 0 Å². The zero-order chi connectivity index (χ0) is 19.5. The van der Waals surface area contributed by atoms with Crippen LogP contribution in [-0.2, 0) is 9.47 Å². The Morgan fingerprint density at radius 1 is 0.643 bits per heavy atom. The number of benzene rings is 2. The summed E-state index contributed by atoms with van der Waals surface area (Å²) in [6.45, 7) is 0. The third kappa shape index (κ3) is 2.54. The van der Waals surface area contributed by atoms with Crippen molar-refractivity contribution < 1.29 is 19.3 Å². The van der Waals surface area contributed by atoms with Crippen molar-refractivity contribution in [1.29, 1.82) is 0 Å². The highest BCUT2D eigenvalue weighted by Gasteiger charge is 2.61. The Morgan fingerprint density at radius 2 is 0.964 bits per heavy atom. The topological polar surface area (TPSA) is 111 Å². The van der Waals surface area contributed by atoms with E-state index in [9.17, 15) is 20.2 Å². The summed E-state index contributed by atoms with van der Waals surface area (Å²) in [5.41, 5.74) is 0.744. The minimum absolute atomic E-state index is 0.0458. The largest absolute Gasteiger partial charge is 0.352 e. The first kappa shape index (κ1) is 16.8. The van der Waals surface area contributed by atoms with E-state index in [2.05, 4.69) is 0 Å². The number of hydrogen-bond donors (Lipinski definition) is 0. The second kappa shape index (κ2) is 5.57. The second-order valence-corrected chi connectivity index (χ2v) is 7.07. The molecular weight excluding hydrogens is 364 g/mol. The van der Waals surface area contributed by atoms with E-state index in [1.807, 2.05) is 24.3 Å². The van der Waals surface area contributed by atoms with Gasteiger partial charge >= 0.3 is 0 Å². The molecule has 140 valence electrons. The van der Waals surface area contributed by atoms with Crippen LogP contribution < -0.4 is 0 Å². The van der Waals surface area contributed by atoms with E-state index in [0.717, 1.165) is 11.1 Å². The molecule has 3 aliphatic rings. The summed E-state index contributed by atoms with van der Waals surface area (Å²) in [5.74, 6) is 0. The maximum Gasteiger partial charge on any atom is 0.269 e. The van der Waals surface area contributed by atoms with Crippen LogP contribution in [0, 0.1) is 20.2 Å². The van der Waals surface area contributed by atoms with Gasteiger partial charge in [0.15, 0.2) is 0 Å². The van der Waals surface area contributed by atoms with Crippen LogP contribution >= 0.6 is 0 Å². The zero-order valence-corrected chi connectivity index (χ0v) is 14.4. The van der Waals surface area contributed by atoms with Gasteiger partial charge in [0.25, 0.3) is 11.4 Å². The van der Waals surface area contributed by atoms with Crippen LogP contribution in [0.3, 0.4) is 0 Å². The highest BCUT2D eigenvalue weighted by Crippen LogP contribution is 2.59. The highest BCUT2D eigenvalue weighted by molar-refractivity contribution is 5.48. The number of epoxide rings is 2. The van der Waals surface area contributed by atoms with Gasteiger partial charge in [0.1, 0.15) is 23.4 Å². The Hall–Kier alpha value is -3.36. The van der Waals surface area contributed by atoms with Crippen molar-refractivity contribution in [2.45, 2.75) is 23.4 Å². The fourth-order valence-electron chi connectivity index (χ4n) is 3.68. The van der Waals surface area contributed by atoms with Crippen molar-refractivity contribution >= 4 is 11.4 Å². The number of nitro groups is 2. The highest BCUT2D eigenvalue weighted by atomic mass is 16.6. The van der Waals surface area contributed by atoms with E-state index < -0.39 is 21.0 Å². The molecule has 2 aromatic carbocycles. The predicted molar refractivity (Wildman–Crippen MR) is 97.6 cm³/mol. The van der Waals surface area contributed by atoms with Crippen molar-refractivity contribution in [1.82, 2.24) is 0 Å². The minimum atomic E-state index is -0.548. The molecule has 8 nitrogen and oxygen atoms in total. The summed E-state index contributed by atoms with van der Waals surface area (Å²) in [7, 11) is 0. The number of rotatable bonds is 4. The molecule has 0 saturated carbocycles. The first-order chi connectivity index (χ1) is 13.4. The molecule has 2 aliphatic heterocycles. The third-order valence-electron chi connectivity index (χ3n) is 5.37. The van der Waals surface area contributed by atoms with Gasteiger partial charge in [-0.3, -0.25) is 20.2 Å². The van der Waals surface area contributed by atoms with E-state index in [0.29, 0.717) is 0 Å². The number of ether oxygens (including phenoxy) is 2. The normalized spacial score (nSPS) is 31.9. The molecule has 0 bridgehead atoms. The van der Waals surface area contributed by atoms with Gasteiger partial charge < -0.3 is 9.47 Å². The molecule has 0 radical (unpaired) electrons. The number of hydrogen-bond acceptors (Lipinski definition) is 6. The van der Waals surface area contributed by atoms with Crippen LogP contribution in [0.5, 0.6) is 0 Å². The second-order valence-electron chi connectivity index (χ2n) is 7.07. The zero-order valence-electron chi connectivity index (χ0n) is 14.4. The Balaban J connectivity index is 1.30. The summed E-state index contributed by atoms with van der Waals surface area (Å²) in [6, 6.07) is 12.7. The molecule has 2 unspecified atom stereocenters. The monoisotopic (exact) mass is 378 g/mol. The fraction of sp³-hybridized carbons (Fsp3) is 0.200. The summed E-state index contributed by atoms with van der Waals surface area (Å²) in [6.07, 6.45) is 7.42. The lowest BCUT2D eigenvalue weighted by Gasteiger charge is -2.11. The molecule has 2 heterocycles. The van der Waals surface area contributed by atoms with Crippen molar-refractivity contribution in [3.05, 3.63) is 104 Å². The maximum absolute atomic E-state index is 10.8. The molecule has 2 spiro atoms. The van der Waals surface area contributed by atoms with E-state index in [1.165, 1.54) is 24.3 Å². The molecule has 1 aliphatic carbocycles. The van der Waals surface area contributed by atoms with Crippen LogP contribution in [0.2, 0.25) is 0 Å². The van der Waals surface area contributed by atoms with Crippen LogP contribution in [0.15, 0.2) is 72.8 Å². The van der Waals surface area contributed by atoms with Gasteiger partial charge in [-0.1, -0.05) is 0 Å². The molecule has 8 heteroatoms. The van der Waals surface area contributed by atoms with Gasteiger partial charge in [0.05, 0.1) is 9.85 Å². The Morgan fingerprint density at radius 3 is 1.25 bits per heavy atom. The van der Waals surface area contributed by atoms with E-state index in [-0.39, 0.29) is 23.6 Å². The summed E-state index contributed by atoms with van der Waals surface area (Å²) >= 11 is 0. The van der Waals surface area contributed by atoms with Crippen molar-refractivity contribution in [2.75, 3.05) is 0 Å². The SMILES string of the molecule is O=[N+]([O-])c1ccc(C2OC23C=CC2(C=C3)OC2c2ccc([N+](=O)[O-])cc2)cc1. The van der Waals surface area contributed by atoms with E-state index >= 15 is 0 Å². The van der Waals surface area contributed by atoms with Crippen molar-refractivity contribution in [2.24, 2.45) is 0 Å². The predicted octanol–water partition coefficient (Wildman–Crippen LogP) is 3.95. The standard InChI is InChI=1S/C20H14N2O6/c23-21(24)15-5-1-13(2-6-15)17-19(27-17)9-11-20(12-10-19)18(28-20)14-3-7-16(8-4-14)22(25)26/h1-12,17-18H. The molecule has 0 N–H and O–H groups in total. The Labute approximate surface area is 159 Å². The lowest BCUT2D eigenvalue weighted by molar-refractivity contribution is -0.385. The smallest absolute Gasteiger partial charge is 0.269 e. The first-order valence-corrected chi connectivity index (χ1v) is 8.68. The van der Waals surface area contributed by atoms with E-state index in [4.69, 9.17) is 9.47 Å². The molecule has 2 fully saturated rings. The minimum Gasteiger partial charge on any atom is -0.352 e. The van der Waals surface area contributed by atoms with Crippen LogP contribution in [0.1, 0.15) is 23.3 Å². The summed E-state index contributed by atoms with van der Waals surface area (Å²) in [5, 5.41) is 21.6. The summed E-state index contributed by atoms with van der Waals surface area (Å²) < 4.78 is 11.7. The molecule has 0 amide bonds. The number of nitrogens with zero attached hydrogens (tertiary/aromatic N) is 2. The first-order valence-electron chi connectivity index (χ1n) is 8.68. The lowest BCUT2D eigenvalue weighted by Crippen LogP contribution is -2.16. The van der Waals surface area contributed by atoms with Gasteiger partial charge in [-0.05, 0) is 59.7 Å². The average molecular weight is 378 g/mol. The van der Waals surface area contributed by atoms with Gasteiger partial charge in [-0.15, -0.1) is 0 Å². The van der Waals surface area contributed by atoms with Crippen LogP contribution in [-0.4, -0.2) is 21.0 Å². The molecule has 2 saturated heterocycles. The average Bonchev–Trinajstić information content (AvgIpc) is 3.59. The maximum atomic E-state index is 10.8. The lowest BCUT2D eigenvalue weighted by atomic mass is 9.88. The van der Waals surface area contributed by atoms with Gasteiger partial charge in [0.2, 0.25) is 0 Å². The number of non-ortho nitro benzene ring substituents is 2. The van der Waals surface area contributed by atoms with Crippen LogP contribution in [0.25, 0.3) is 0 Å². The molecular formula is C20H14N2O6. The molecule has 5 rings (SSSR count). The van der Waals surface area contributed by atoms with Crippen LogP contribution in [0.4, 0.5) is 11.4 Å². The molecule has 2 aromatic rings. The summed E-state index contributed by atoms with van der Waals surface area (Å²) in [4.78, 5) is 20.7. The van der Waals surface area contributed by atoms with Crippen molar-refractivity contribution in [3.63, 3.8) is 0 Å². The third-order valence-corrected chi connectivity index (χ3v) is 5.37. The Bertz CT molecular complexity index is 944. The van der Waals surface area contributed by atoms with Gasteiger partial charge in [0, 0.05) is 24.3 Å². The van der Waals surface area contributed by atoms with Gasteiger partial charge in [-0.25, -0.2) is 0 Å². The quantitative estimate of drug-likeness (QED) is 0.345. The van der Waals surface area contributed by atoms with E-state index in [1.54, 1.807) is 24.3 Å². The number of nitro benzene ring substituents is 2. The fourth-order valence-corrected chi connectivity index (χ4v) is 3.68. The molecule has 2 atom stereocenters.